The van der Waals surface area contributed by atoms with E-state index in [9.17, 15) is 14.4 Å². The average molecular weight is 449 g/mol. The fraction of sp³-hybridized carbons (Fsp3) is 0.320. The van der Waals surface area contributed by atoms with Crippen molar-refractivity contribution in [2.24, 2.45) is 0 Å². The van der Waals surface area contributed by atoms with Gasteiger partial charge in [0.15, 0.2) is 0 Å². The minimum Gasteiger partial charge on any atom is -0.379 e. The van der Waals surface area contributed by atoms with Crippen molar-refractivity contribution >= 4 is 34.7 Å². The van der Waals surface area contributed by atoms with Crippen LogP contribution in [0.2, 0.25) is 0 Å². The smallest absolute Gasteiger partial charge is 0.278 e. The van der Waals surface area contributed by atoms with Crippen molar-refractivity contribution in [2.45, 2.75) is 13.8 Å². The molecule has 0 radical (unpaired) electrons. The summed E-state index contributed by atoms with van der Waals surface area (Å²) in [6.45, 7) is 7.26. The van der Waals surface area contributed by atoms with Crippen LogP contribution >= 0.6 is 0 Å². The Balaban J connectivity index is 1.59. The Bertz CT molecular complexity index is 1070. The van der Waals surface area contributed by atoms with Crippen molar-refractivity contribution in [3.8, 4) is 0 Å². The highest BCUT2D eigenvalue weighted by molar-refractivity contribution is 6.36. The molecule has 4 rings (SSSR count). The van der Waals surface area contributed by atoms with E-state index >= 15 is 0 Å². The summed E-state index contributed by atoms with van der Waals surface area (Å²) in [6.07, 6.45) is 0. The molecule has 2 aromatic carbocycles. The molecule has 172 valence electrons. The van der Waals surface area contributed by atoms with Gasteiger partial charge in [0.2, 0.25) is 5.91 Å². The lowest BCUT2D eigenvalue weighted by Gasteiger charge is -2.28. The number of amides is 3. The van der Waals surface area contributed by atoms with E-state index in [1.165, 1.54) is 11.8 Å². The molecule has 2 aliphatic heterocycles. The molecule has 2 aliphatic rings. The minimum absolute atomic E-state index is 0.160. The lowest BCUT2D eigenvalue weighted by molar-refractivity contribution is -0.137. The van der Waals surface area contributed by atoms with E-state index in [1.54, 1.807) is 24.3 Å². The highest BCUT2D eigenvalue weighted by Gasteiger charge is 2.39. The fourth-order valence-electron chi connectivity index (χ4n) is 3.93. The van der Waals surface area contributed by atoms with Crippen molar-refractivity contribution in [3.63, 3.8) is 0 Å². The van der Waals surface area contributed by atoms with Crippen LogP contribution in [0.1, 0.15) is 18.1 Å². The number of hydrogen-bond acceptors (Lipinski definition) is 6. The zero-order valence-electron chi connectivity index (χ0n) is 18.9. The number of anilines is 2. The number of nitrogens with zero attached hydrogens (tertiary/aromatic N) is 2. The van der Waals surface area contributed by atoms with E-state index in [0.29, 0.717) is 48.8 Å². The van der Waals surface area contributed by atoms with Crippen molar-refractivity contribution in [2.75, 3.05) is 50.0 Å². The summed E-state index contributed by atoms with van der Waals surface area (Å²) in [5, 5.41) is 5.87. The quantitative estimate of drug-likeness (QED) is 0.633. The number of ether oxygens (including phenoxy) is 1. The van der Waals surface area contributed by atoms with Crippen LogP contribution in [0.15, 0.2) is 54.2 Å². The second-order valence-electron chi connectivity index (χ2n) is 8.22. The maximum Gasteiger partial charge on any atom is 0.278 e. The van der Waals surface area contributed by atoms with E-state index in [-0.39, 0.29) is 23.4 Å². The van der Waals surface area contributed by atoms with Crippen LogP contribution in [-0.2, 0) is 19.1 Å². The number of benzene rings is 2. The zero-order valence-corrected chi connectivity index (χ0v) is 18.9. The maximum atomic E-state index is 13.4. The SMILES string of the molecule is CC(=O)Nc1ccc(NC2=C(c3ccc(C)cc3)C(=O)N(CCN3CCOCC3)C2=O)cc1. The number of hydrogen-bond donors (Lipinski definition) is 2. The van der Waals surface area contributed by atoms with Gasteiger partial charge < -0.3 is 15.4 Å². The van der Waals surface area contributed by atoms with Gasteiger partial charge >= 0.3 is 0 Å². The van der Waals surface area contributed by atoms with E-state index in [0.717, 1.165) is 18.7 Å². The Morgan fingerprint density at radius 1 is 0.909 bits per heavy atom. The molecule has 0 aliphatic carbocycles. The number of rotatable bonds is 7. The molecule has 3 amide bonds. The molecule has 2 aromatic rings. The first-order valence-electron chi connectivity index (χ1n) is 11.0. The van der Waals surface area contributed by atoms with Gasteiger partial charge in [-0.2, -0.15) is 0 Å². The highest BCUT2D eigenvalue weighted by Crippen LogP contribution is 2.31. The maximum absolute atomic E-state index is 13.4. The number of morpholine rings is 1. The van der Waals surface area contributed by atoms with Gasteiger partial charge in [0.05, 0.1) is 18.8 Å². The second kappa shape index (κ2) is 9.97. The molecule has 1 saturated heterocycles. The van der Waals surface area contributed by atoms with Crippen LogP contribution in [0.25, 0.3) is 5.57 Å². The molecule has 2 N–H and O–H groups in total. The number of carbonyl (C=O) groups is 3. The van der Waals surface area contributed by atoms with Crippen LogP contribution in [0.5, 0.6) is 0 Å². The van der Waals surface area contributed by atoms with Gasteiger partial charge in [-0.3, -0.25) is 24.2 Å². The lowest BCUT2D eigenvalue weighted by atomic mass is 10.0. The lowest BCUT2D eigenvalue weighted by Crippen LogP contribution is -2.43. The zero-order chi connectivity index (χ0) is 23.4. The Kier molecular flexibility index (Phi) is 6.86. The van der Waals surface area contributed by atoms with Gasteiger partial charge in [0, 0.05) is 44.5 Å². The van der Waals surface area contributed by atoms with Crippen molar-refractivity contribution in [3.05, 3.63) is 65.4 Å². The molecular formula is C25H28N4O4. The highest BCUT2D eigenvalue weighted by atomic mass is 16.5. The molecule has 0 bridgehead atoms. The molecule has 0 atom stereocenters. The molecular weight excluding hydrogens is 420 g/mol. The van der Waals surface area contributed by atoms with Crippen LogP contribution in [0.4, 0.5) is 11.4 Å². The van der Waals surface area contributed by atoms with Gasteiger partial charge in [0.1, 0.15) is 5.70 Å². The van der Waals surface area contributed by atoms with Crippen LogP contribution < -0.4 is 10.6 Å². The summed E-state index contributed by atoms with van der Waals surface area (Å²) in [4.78, 5) is 41.5. The first-order chi connectivity index (χ1) is 15.9. The largest absolute Gasteiger partial charge is 0.379 e. The Morgan fingerprint density at radius 2 is 1.55 bits per heavy atom. The third kappa shape index (κ3) is 5.30. The third-order valence-electron chi connectivity index (χ3n) is 5.73. The average Bonchev–Trinajstić information content (AvgIpc) is 3.03. The minimum atomic E-state index is -0.338. The second-order valence-corrected chi connectivity index (χ2v) is 8.22. The van der Waals surface area contributed by atoms with Crippen LogP contribution in [0, 0.1) is 6.92 Å². The van der Waals surface area contributed by atoms with E-state index in [2.05, 4.69) is 15.5 Å². The third-order valence-corrected chi connectivity index (χ3v) is 5.73. The van der Waals surface area contributed by atoms with E-state index < -0.39 is 0 Å². The molecule has 0 unspecified atom stereocenters. The Hall–Kier alpha value is -3.49. The van der Waals surface area contributed by atoms with Crippen molar-refractivity contribution in [1.29, 1.82) is 0 Å². The molecule has 8 heteroatoms. The normalized spacial score (nSPS) is 17.0. The predicted molar refractivity (Wildman–Crippen MR) is 126 cm³/mol. The Labute approximate surface area is 193 Å². The van der Waals surface area contributed by atoms with Gasteiger partial charge in [0.25, 0.3) is 11.8 Å². The van der Waals surface area contributed by atoms with Gasteiger partial charge in [-0.05, 0) is 36.8 Å². The standard InChI is InChI=1S/C25H28N4O4/c1-17-3-5-19(6-4-17)22-23(27-21-9-7-20(8-10-21)26-18(2)30)25(32)29(24(22)31)12-11-28-13-15-33-16-14-28/h3-10,27H,11-16H2,1-2H3,(H,26,30). The van der Waals surface area contributed by atoms with Crippen LogP contribution in [0.3, 0.4) is 0 Å². The topological polar surface area (TPSA) is 91.0 Å². The molecule has 0 aromatic heterocycles. The summed E-state index contributed by atoms with van der Waals surface area (Å²) >= 11 is 0. The summed E-state index contributed by atoms with van der Waals surface area (Å²) in [5.41, 5.74) is 3.71. The number of imide groups is 1. The first-order valence-corrected chi connectivity index (χ1v) is 11.0. The van der Waals surface area contributed by atoms with Crippen LogP contribution in [-0.4, -0.2) is 66.9 Å². The fourth-order valence-corrected chi connectivity index (χ4v) is 3.93. The predicted octanol–water partition coefficient (Wildman–Crippen LogP) is 2.48. The molecule has 8 nitrogen and oxygen atoms in total. The van der Waals surface area contributed by atoms with E-state index in [1.807, 2.05) is 31.2 Å². The number of nitrogens with one attached hydrogen (secondary N) is 2. The van der Waals surface area contributed by atoms with Gasteiger partial charge in [-0.1, -0.05) is 29.8 Å². The monoisotopic (exact) mass is 448 g/mol. The van der Waals surface area contributed by atoms with Gasteiger partial charge in [-0.25, -0.2) is 0 Å². The Morgan fingerprint density at radius 3 is 2.18 bits per heavy atom. The molecule has 0 saturated carbocycles. The summed E-state index contributed by atoms with van der Waals surface area (Å²) < 4.78 is 5.38. The molecule has 0 spiro atoms. The summed E-state index contributed by atoms with van der Waals surface area (Å²) in [5.74, 6) is -0.795. The van der Waals surface area contributed by atoms with Crippen molar-refractivity contribution in [1.82, 2.24) is 9.80 Å². The molecule has 33 heavy (non-hydrogen) atoms. The number of carbonyl (C=O) groups excluding carboxylic acids is 3. The van der Waals surface area contributed by atoms with E-state index in [4.69, 9.17) is 4.74 Å². The van der Waals surface area contributed by atoms with Gasteiger partial charge in [-0.15, -0.1) is 0 Å². The molecule has 2 heterocycles. The number of aryl methyl sites for hydroxylation is 1. The summed E-state index contributed by atoms with van der Waals surface area (Å²) in [6, 6.07) is 14.6. The first kappa shape index (κ1) is 22.7. The summed E-state index contributed by atoms with van der Waals surface area (Å²) in [7, 11) is 0. The van der Waals surface area contributed by atoms with Crippen molar-refractivity contribution < 1.29 is 19.1 Å². The molecule has 1 fully saturated rings.